The first-order valence-electron chi connectivity index (χ1n) is 18.5. The van der Waals surface area contributed by atoms with E-state index in [4.69, 9.17) is 42.6 Å². The van der Waals surface area contributed by atoms with E-state index < -0.39 is 17.7 Å². The molecule has 0 spiro atoms. The van der Waals surface area contributed by atoms with Crippen molar-refractivity contribution in [3.8, 4) is 0 Å². The summed E-state index contributed by atoms with van der Waals surface area (Å²) in [5.41, 5.74) is 0.731. The van der Waals surface area contributed by atoms with Gasteiger partial charge in [-0.15, -0.1) is 0 Å². The molecule has 3 aromatic rings. The number of carbonyl (C=O) groups is 3. The number of ether oxygens (including phenoxy) is 9. The second-order valence-corrected chi connectivity index (χ2v) is 12.1. The molecular formula is C40H49F3N2O12. The minimum absolute atomic E-state index is 0.0122. The molecule has 0 saturated heterocycles. The highest BCUT2D eigenvalue weighted by molar-refractivity contribution is 6.21. The average Bonchev–Trinajstić information content (AvgIpc) is 3.45. The topological polar surface area (TPSA) is 150 Å². The zero-order valence-corrected chi connectivity index (χ0v) is 31.6. The number of fused-ring (bicyclic) bond motifs is 1. The van der Waals surface area contributed by atoms with Crippen LogP contribution in [0.15, 0.2) is 72.8 Å². The van der Waals surface area contributed by atoms with Crippen LogP contribution >= 0.6 is 0 Å². The largest absolute Gasteiger partial charge is 0.460 e. The highest BCUT2D eigenvalue weighted by Crippen LogP contribution is 2.32. The number of halogens is 3. The molecule has 2 amide bonds. The second-order valence-electron chi connectivity index (χ2n) is 12.1. The average molecular weight is 807 g/mol. The SMILES string of the molecule is O=C(OCCOCCOCCOCCOCCOCCOCCOCCOCCN1C(=O)c2ccccc2C1=O)c1ccccc1Nc1cccc(C(F)(F)F)c1. The van der Waals surface area contributed by atoms with Crippen molar-refractivity contribution in [1.29, 1.82) is 0 Å². The molecule has 0 aliphatic carbocycles. The molecular weight excluding hydrogens is 757 g/mol. The standard InChI is InChI=1S/C40H49F3N2O12/c41-40(42,43)31-6-5-7-32(30-31)44-36-11-4-3-10-35(36)39(48)57-29-28-56-27-26-55-25-24-54-23-22-53-21-20-52-19-18-51-17-16-50-15-14-49-13-12-45-37(46)33-8-1-2-9-34(33)38(45)47/h1-11,30,44H,12-29H2. The number of alkyl halides is 3. The first kappa shape index (κ1) is 45.2. The van der Waals surface area contributed by atoms with Gasteiger partial charge < -0.3 is 47.9 Å². The van der Waals surface area contributed by atoms with Crippen LogP contribution in [0, 0.1) is 0 Å². The highest BCUT2D eigenvalue weighted by atomic mass is 19.4. The Bertz CT molecular complexity index is 1630. The molecule has 57 heavy (non-hydrogen) atoms. The van der Waals surface area contributed by atoms with Crippen molar-refractivity contribution in [2.75, 3.05) is 124 Å². The molecule has 0 saturated carbocycles. The summed E-state index contributed by atoms with van der Waals surface area (Å²) < 4.78 is 88.1. The molecule has 1 N–H and O–H groups in total. The molecule has 3 aromatic carbocycles. The quantitative estimate of drug-likeness (QED) is 0.0546. The number of amides is 2. The molecule has 1 aliphatic heterocycles. The normalized spacial score (nSPS) is 12.6. The molecule has 17 heteroatoms. The number of hydrogen-bond acceptors (Lipinski definition) is 13. The first-order chi connectivity index (χ1) is 27.8. The number of benzene rings is 3. The minimum atomic E-state index is -4.48. The summed E-state index contributed by atoms with van der Waals surface area (Å²) in [6.45, 7) is 5.97. The Kier molecular flexibility index (Phi) is 20.4. The molecule has 0 bridgehead atoms. The number of carbonyl (C=O) groups excluding carboxylic acids is 3. The summed E-state index contributed by atoms with van der Waals surface area (Å²) in [7, 11) is 0. The summed E-state index contributed by atoms with van der Waals surface area (Å²) >= 11 is 0. The van der Waals surface area contributed by atoms with E-state index in [1.54, 1.807) is 42.5 Å². The van der Waals surface area contributed by atoms with Gasteiger partial charge in [-0.1, -0.05) is 30.3 Å². The lowest BCUT2D eigenvalue weighted by Crippen LogP contribution is -2.33. The van der Waals surface area contributed by atoms with Crippen LogP contribution in [0.1, 0.15) is 36.6 Å². The van der Waals surface area contributed by atoms with Crippen molar-refractivity contribution in [2.24, 2.45) is 0 Å². The van der Waals surface area contributed by atoms with Gasteiger partial charge >= 0.3 is 12.1 Å². The van der Waals surface area contributed by atoms with Crippen molar-refractivity contribution in [2.45, 2.75) is 6.18 Å². The molecule has 0 radical (unpaired) electrons. The van der Waals surface area contributed by atoms with Gasteiger partial charge in [-0.25, -0.2) is 4.79 Å². The van der Waals surface area contributed by atoms with E-state index >= 15 is 0 Å². The maximum atomic E-state index is 13.1. The van der Waals surface area contributed by atoms with E-state index in [0.717, 1.165) is 12.1 Å². The smallest absolute Gasteiger partial charge is 0.416 e. The fourth-order valence-corrected chi connectivity index (χ4v) is 5.21. The third-order valence-corrected chi connectivity index (χ3v) is 8.02. The van der Waals surface area contributed by atoms with Gasteiger partial charge in [0, 0.05) is 5.69 Å². The van der Waals surface area contributed by atoms with Crippen LogP contribution < -0.4 is 5.32 Å². The molecule has 1 aliphatic rings. The third-order valence-electron chi connectivity index (χ3n) is 8.02. The van der Waals surface area contributed by atoms with Gasteiger partial charge in [0.15, 0.2) is 0 Å². The van der Waals surface area contributed by atoms with Gasteiger partial charge in [0.1, 0.15) is 6.61 Å². The van der Waals surface area contributed by atoms with Crippen LogP contribution in [0.4, 0.5) is 24.5 Å². The Labute approximate surface area is 329 Å². The van der Waals surface area contributed by atoms with Gasteiger partial charge in [0.05, 0.1) is 140 Å². The van der Waals surface area contributed by atoms with E-state index in [-0.39, 0.29) is 56.0 Å². The summed E-state index contributed by atoms with van der Waals surface area (Å²) in [5, 5.41) is 2.85. The maximum absolute atomic E-state index is 13.1. The number of anilines is 2. The van der Waals surface area contributed by atoms with Crippen LogP contribution in [0.2, 0.25) is 0 Å². The Morgan fingerprint density at radius 1 is 0.526 bits per heavy atom. The number of para-hydroxylation sites is 1. The van der Waals surface area contributed by atoms with Crippen LogP contribution in [-0.2, 0) is 48.8 Å². The second kappa shape index (κ2) is 25.7. The lowest BCUT2D eigenvalue weighted by molar-refractivity contribution is -0.137. The van der Waals surface area contributed by atoms with Crippen molar-refractivity contribution in [3.05, 3.63) is 95.1 Å². The van der Waals surface area contributed by atoms with E-state index in [0.29, 0.717) is 103 Å². The number of nitrogens with one attached hydrogen (secondary N) is 1. The molecule has 0 aromatic heterocycles. The Morgan fingerprint density at radius 3 is 1.42 bits per heavy atom. The molecule has 312 valence electrons. The Balaban J connectivity index is 0.849. The maximum Gasteiger partial charge on any atom is 0.416 e. The van der Waals surface area contributed by atoms with E-state index in [1.807, 2.05) is 0 Å². The van der Waals surface area contributed by atoms with Gasteiger partial charge in [-0.05, 0) is 42.5 Å². The monoisotopic (exact) mass is 806 g/mol. The van der Waals surface area contributed by atoms with Gasteiger partial charge in [-0.3, -0.25) is 14.5 Å². The van der Waals surface area contributed by atoms with Crippen LogP contribution in [0.25, 0.3) is 0 Å². The fraction of sp³-hybridized carbons (Fsp3) is 0.475. The fourth-order valence-electron chi connectivity index (χ4n) is 5.21. The number of rotatable bonds is 30. The predicted molar refractivity (Wildman–Crippen MR) is 200 cm³/mol. The highest BCUT2D eigenvalue weighted by Gasteiger charge is 2.34. The third kappa shape index (κ3) is 16.5. The van der Waals surface area contributed by atoms with Crippen LogP contribution in [0.5, 0.6) is 0 Å². The Morgan fingerprint density at radius 2 is 0.947 bits per heavy atom. The van der Waals surface area contributed by atoms with Crippen LogP contribution in [-0.4, -0.2) is 142 Å². The zero-order chi connectivity index (χ0) is 40.6. The molecule has 14 nitrogen and oxygen atoms in total. The zero-order valence-electron chi connectivity index (χ0n) is 31.6. The predicted octanol–water partition coefficient (Wildman–Crippen LogP) is 5.03. The van der Waals surface area contributed by atoms with E-state index in [1.165, 1.54) is 23.1 Å². The summed E-state index contributed by atoms with van der Waals surface area (Å²) in [6, 6.07) is 17.9. The summed E-state index contributed by atoms with van der Waals surface area (Å²) in [4.78, 5) is 38.4. The number of hydrogen-bond donors (Lipinski definition) is 1. The number of esters is 1. The van der Waals surface area contributed by atoms with Gasteiger partial charge in [-0.2, -0.15) is 13.2 Å². The van der Waals surface area contributed by atoms with Crippen molar-refractivity contribution in [3.63, 3.8) is 0 Å². The van der Waals surface area contributed by atoms with E-state index in [9.17, 15) is 27.6 Å². The van der Waals surface area contributed by atoms with Gasteiger partial charge in [0.2, 0.25) is 0 Å². The summed E-state index contributed by atoms with van der Waals surface area (Å²) in [5.74, 6) is -1.23. The Hall–Kier alpha value is -4.46. The molecule has 0 atom stereocenters. The van der Waals surface area contributed by atoms with E-state index in [2.05, 4.69) is 5.32 Å². The van der Waals surface area contributed by atoms with Gasteiger partial charge in [0.25, 0.3) is 11.8 Å². The van der Waals surface area contributed by atoms with Crippen molar-refractivity contribution >= 4 is 29.2 Å². The number of imide groups is 1. The van der Waals surface area contributed by atoms with Crippen LogP contribution in [0.3, 0.4) is 0 Å². The lowest BCUT2D eigenvalue weighted by atomic mass is 10.1. The number of nitrogens with zero attached hydrogens (tertiary/aromatic N) is 1. The molecule has 4 rings (SSSR count). The van der Waals surface area contributed by atoms with Crippen molar-refractivity contribution in [1.82, 2.24) is 4.90 Å². The summed E-state index contributed by atoms with van der Waals surface area (Å²) in [6.07, 6.45) is -4.48. The van der Waals surface area contributed by atoms with Crippen molar-refractivity contribution < 1.29 is 70.2 Å². The lowest BCUT2D eigenvalue weighted by Gasteiger charge is -2.13. The molecule has 0 unspecified atom stereocenters. The minimum Gasteiger partial charge on any atom is -0.460 e. The first-order valence-corrected chi connectivity index (χ1v) is 18.5. The molecule has 1 heterocycles. The molecule has 0 fully saturated rings.